The lowest BCUT2D eigenvalue weighted by atomic mass is 10.3. The molecule has 7 heteroatoms. The molecule has 0 heterocycles. The molecule has 5 nitrogen and oxygen atoms in total. The Balaban J connectivity index is 2.23. The van der Waals surface area contributed by atoms with Crippen LogP contribution in [-0.2, 0) is 19.3 Å². The molecule has 0 amide bonds. The number of ether oxygens (including phenoxy) is 3. The largest absolute Gasteiger partial charge is 0.491 e. The van der Waals surface area contributed by atoms with Gasteiger partial charge in [0.1, 0.15) is 19.0 Å². The Labute approximate surface area is 124 Å². The highest BCUT2D eigenvalue weighted by Gasteiger charge is 2.08. The molecule has 0 atom stereocenters. The minimum atomic E-state index is -3.41. The number of halogens is 1. The predicted molar refractivity (Wildman–Crippen MR) is 76.9 cm³/mol. The lowest BCUT2D eigenvalue weighted by molar-refractivity contribution is 0.0325. The Hall–Kier alpha value is -1.44. The van der Waals surface area contributed by atoms with Crippen LogP contribution in [0.3, 0.4) is 0 Å². The van der Waals surface area contributed by atoms with E-state index in [0.717, 1.165) is 5.41 Å². The second-order valence-corrected chi connectivity index (χ2v) is 5.84. The number of hydrogen-bond donors (Lipinski definition) is 0. The molecular formula is C14H19FO5S. The first kappa shape index (κ1) is 17.6. The van der Waals surface area contributed by atoms with Gasteiger partial charge in [-0.05, 0) is 24.3 Å². The van der Waals surface area contributed by atoms with Gasteiger partial charge < -0.3 is 14.2 Å². The lowest BCUT2D eigenvalue weighted by Gasteiger charge is -2.08. The summed E-state index contributed by atoms with van der Waals surface area (Å²) in [5.74, 6) is 0.551. The van der Waals surface area contributed by atoms with Gasteiger partial charge in [-0.25, -0.2) is 12.8 Å². The van der Waals surface area contributed by atoms with Crippen LogP contribution in [0.5, 0.6) is 5.75 Å². The smallest absolute Gasteiger partial charge is 0.199 e. The topological polar surface area (TPSA) is 61.8 Å². The fourth-order valence-electron chi connectivity index (χ4n) is 1.42. The van der Waals surface area contributed by atoms with Gasteiger partial charge in [0.15, 0.2) is 9.84 Å². The molecule has 1 aromatic rings. The third-order valence-electron chi connectivity index (χ3n) is 2.46. The second kappa shape index (κ2) is 9.49. The summed E-state index contributed by atoms with van der Waals surface area (Å²) in [5, 5.41) is 0.904. The van der Waals surface area contributed by atoms with Crippen LogP contribution in [0.25, 0.3) is 0 Å². The van der Waals surface area contributed by atoms with Gasteiger partial charge in [-0.1, -0.05) is 6.58 Å². The summed E-state index contributed by atoms with van der Waals surface area (Å²) in [6, 6.07) is 6.05. The maximum Gasteiger partial charge on any atom is 0.199 e. The van der Waals surface area contributed by atoms with Crippen LogP contribution in [0.1, 0.15) is 0 Å². The Morgan fingerprint density at radius 2 is 1.57 bits per heavy atom. The Bertz CT molecular complexity index is 513. The first-order valence-corrected chi connectivity index (χ1v) is 7.96. The third kappa shape index (κ3) is 6.70. The monoisotopic (exact) mass is 318 g/mol. The summed E-state index contributed by atoms with van der Waals surface area (Å²) in [7, 11) is -3.41. The van der Waals surface area contributed by atoms with Crippen molar-refractivity contribution in [2.24, 2.45) is 0 Å². The standard InChI is InChI=1S/C14H19FO5S/c1-2-21(16,17)14-5-3-13(4-6-14)20-12-11-19-10-9-18-8-7-15/h2-6H,1,7-12H2. The zero-order valence-electron chi connectivity index (χ0n) is 11.7. The van der Waals surface area contributed by atoms with E-state index in [0.29, 0.717) is 32.2 Å². The van der Waals surface area contributed by atoms with E-state index in [2.05, 4.69) is 6.58 Å². The summed E-state index contributed by atoms with van der Waals surface area (Å²) in [6.07, 6.45) is 0. The SMILES string of the molecule is C=CS(=O)(=O)c1ccc(OCCOCCOCCF)cc1. The van der Waals surface area contributed by atoms with E-state index < -0.39 is 16.5 Å². The van der Waals surface area contributed by atoms with Crippen molar-refractivity contribution in [2.75, 3.05) is 39.7 Å². The fraction of sp³-hybridized carbons (Fsp3) is 0.429. The second-order valence-electron chi connectivity index (χ2n) is 3.95. The van der Waals surface area contributed by atoms with Crippen molar-refractivity contribution in [3.63, 3.8) is 0 Å². The molecule has 1 rings (SSSR count). The molecule has 0 radical (unpaired) electrons. The van der Waals surface area contributed by atoms with Crippen molar-refractivity contribution < 1.29 is 27.0 Å². The van der Waals surface area contributed by atoms with Crippen LogP contribution in [0.2, 0.25) is 0 Å². The van der Waals surface area contributed by atoms with Gasteiger partial charge in [-0.15, -0.1) is 0 Å². The minimum Gasteiger partial charge on any atom is -0.491 e. The maximum absolute atomic E-state index is 11.7. The molecule has 118 valence electrons. The zero-order valence-corrected chi connectivity index (χ0v) is 12.5. The number of benzene rings is 1. The Morgan fingerprint density at radius 3 is 2.14 bits per heavy atom. The Morgan fingerprint density at radius 1 is 1.00 bits per heavy atom. The van der Waals surface area contributed by atoms with Crippen LogP contribution in [-0.4, -0.2) is 48.1 Å². The molecule has 0 saturated heterocycles. The molecule has 0 fully saturated rings. The van der Waals surface area contributed by atoms with E-state index in [1.165, 1.54) is 12.1 Å². The molecule has 0 saturated carbocycles. The van der Waals surface area contributed by atoms with Gasteiger partial charge in [0.2, 0.25) is 0 Å². The molecule has 0 aliphatic carbocycles. The number of alkyl halides is 1. The molecule has 0 spiro atoms. The molecular weight excluding hydrogens is 299 g/mol. The van der Waals surface area contributed by atoms with Gasteiger partial charge >= 0.3 is 0 Å². The number of rotatable bonds is 11. The molecule has 0 bridgehead atoms. The van der Waals surface area contributed by atoms with Crippen molar-refractivity contribution in [3.8, 4) is 5.75 Å². The van der Waals surface area contributed by atoms with E-state index in [9.17, 15) is 12.8 Å². The maximum atomic E-state index is 11.7. The molecule has 0 aliphatic rings. The van der Waals surface area contributed by atoms with Gasteiger partial charge in [0, 0.05) is 5.41 Å². The van der Waals surface area contributed by atoms with Crippen LogP contribution >= 0.6 is 0 Å². The molecule has 0 N–H and O–H groups in total. The molecule has 1 aromatic carbocycles. The first-order chi connectivity index (χ1) is 10.1. The highest BCUT2D eigenvalue weighted by atomic mass is 32.2. The first-order valence-electron chi connectivity index (χ1n) is 6.42. The quantitative estimate of drug-likeness (QED) is 0.584. The average molecular weight is 318 g/mol. The van der Waals surface area contributed by atoms with Crippen LogP contribution in [0.15, 0.2) is 41.1 Å². The van der Waals surface area contributed by atoms with E-state index in [4.69, 9.17) is 14.2 Å². The third-order valence-corrected chi connectivity index (χ3v) is 3.83. The highest BCUT2D eigenvalue weighted by Crippen LogP contribution is 2.17. The number of sulfone groups is 1. The van der Waals surface area contributed by atoms with Crippen LogP contribution < -0.4 is 4.74 Å². The van der Waals surface area contributed by atoms with Gasteiger partial charge in [-0.3, -0.25) is 0 Å². The lowest BCUT2D eigenvalue weighted by Crippen LogP contribution is -2.11. The molecule has 0 aliphatic heterocycles. The Kier molecular flexibility index (Phi) is 7.96. The fourth-order valence-corrected chi connectivity index (χ4v) is 2.12. The molecule has 21 heavy (non-hydrogen) atoms. The van der Waals surface area contributed by atoms with E-state index in [1.54, 1.807) is 12.1 Å². The highest BCUT2D eigenvalue weighted by molar-refractivity contribution is 7.94. The minimum absolute atomic E-state index is 0.0832. The summed E-state index contributed by atoms with van der Waals surface area (Å²) < 4.78 is 50.2. The van der Waals surface area contributed by atoms with E-state index in [-0.39, 0.29) is 11.5 Å². The molecule has 0 aromatic heterocycles. The zero-order chi connectivity index (χ0) is 15.6. The van der Waals surface area contributed by atoms with Crippen LogP contribution in [0.4, 0.5) is 4.39 Å². The van der Waals surface area contributed by atoms with Crippen molar-refractivity contribution in [2.45, 2.75) is 4.90 Å². The number of hydrogen-bond acceptors (Lipinski definition) is 5. The van der Waals surface area contributed by atoms with Gasteiger partial charge in [-0.2, -0.15) is 0 Å². The normalized spacial score (nSPS) is 11.3. The average Bonchev–Trinajstić information content (AvgIpc) is 2.50. The van der Waals surface area contributed by atoms with Crippen molar-refractivity contribution in [1.82, 2.24) is 0 Å². The van der Waals surface area contributed by atoms with Crippen molar-refractivity contribution in [1.29, 1.82) is 0 Å². The summed E-state index contributed by atoms with van der Waals surface area (Å²) >= 11 is 0. The van der Waals surface area contributed by atoms with Crippen molar-refractivity contribution >= 4 is 9.84 Å². The summed E-state index contributed by atoms with van der Waals surface area (Å²) in [5.41, 5.74) is 0. The summed E-state index contributed by atoms with van der Waals surface area (Å²) in [6.45, 7) is 4.26. The molecule has 0 unspecified atom stereocenters. The predicted octanol–water partition coefficient (Wildman–Crippen LogP) is 1.99. The van der Waals surface area contributed by atoms with Gasteiger partial charge in [0.05, 0.1) is 31.3 Å². The van der Waals surface area contributed by atoms with Crippen LogP contribution in [0, 0.1) is 0 Å². The summed E-state index contributed by atoms with van der Waals surface area (Å²) in [4.78, 5) is 0.172. The van der Waals surface area contributed by atoms with Gasteiger partial charge in [0.25, 0.3) is 0 Å². The van der Waals surface area contributed by atoms with Crippen molar-refractivity contribution in [3.05, 3.63) is 36.3 Å². The van der Waals surface area contributed by atoms with E-state index >= 15 is 0 Å². The van der Waals surface area contributed by atoms with E-state index in [1.807, 2.05) is 0 Å².